The number of hydrogen-bond donors (Lipinski definition) is 0. The van der Waals surface area contributed by atoms with Crippen molar-refractivity contribution in [1.29, 1.82) is 0 Å². The molecule has 1 aliphatic heterocycles. The van der Waals surface area contributed by atoms with E-state index in [0.29, 0.717) is 25.9 Å². The Kier molecular flexibility index (Phi) is 2.09. The lowest BCUT2D eigenvalue weighted by atomic mass is 10.0. The predicted octanol–water partition coefficient (Wildman–Crippen LogP) is -0.0602. The van der Waals surface area contributed by atoms with Crippen molar-refractivity contribution in [3.63, 3.8) is 0 Å². The average molecular weight is 137 g/mol. The van der Waals surface area contributed by atoms with E-state index in [1.54, 1.807) is 0 Å². The van der Waals surface area contributed by atoms with Gasteiger partial charge in [-0.2, -0.15) is 0 Å². The molecule has 0 aromatic carbocycles. The molecule has 0 aromatic rings. The second kappa shape index (κ2) is 2.86. The standard InChI is InChI=1S/C6H8BNO2/c7-6(10)8-3-1-5(9)2-4-8/h1-4H2. The highest BCUT2D eigenvalue weighted by atomic mass is 16.2. The molecule has 1 rings (SSSR count). The third-order valence-electron chi connectivity index (χ3n) is 1.63. The van der Waals surface area contributed by atoms with Crippen LogP contribution in [0.1, 0.15) is 12.8 Å². The van der Waals surface area contributed by atoms with Crippen molar-refractivity contribution in [3.8, 4) is 0 Å². The summed E-state index contributed by atoms with van der Waals surface area (Å²) in [5.74, 6) is -0.204. The van der Waals surface area contributed by atoms with Crippen molar-refractivity contribution < 1.29 is 9.59 Å². The molecule has 0 atom stereocenters. The summed E-state index contributed by atoms with van der Waals surface area (Å²) < 4.78 is 0. The number of carbonyl (C=O) groups is 2. The van der Waals surface area contributed by atoms with Crippen LogP contribution < -0.4 is 0 Å². The smallest absolute Gasteiger partial charge is 0.200 e. The van der Waals surface area contributed by atoms with Crippen LogP contribution >= 0.6 is 0 Å². The van der Waals surface area contributed by atoms with E-state index < -0.39 is 5.81 Å². The van der Waals surface area contributed by atoms with Crippen molar-refractivity contribution in [3.05, 3.63) is 0 Å². The zero-order valence-corrected chi connectivity index (χ0v) is 5.67. The fourth-order valence-electron chi connectivity index (χ4n) is 0.977. The molecule has 1 heterocycles. The molecule has 0 saturated carbocycles. The van der Waals surface area contributed by atoms with Crippen molar-refractivity contribution in [1.82, 2.24) is 4.90 Å². The van der Waals surface area contributed by atoms with Gasteiger partial charge in [0.15, 0.2) is 5.81 Å². The van der Waals surface area contributed by atoms with Crippen molar-refractivity contribution in [2.24, 2.45) is 0 Å². The largest absolute Gasteiger partial charge is 0.352 e. The highest BCUT2D eigenvalue weighted by Gasteiger charge is 2.16. The molecule has 0 bridgehead atoms. The molecule has 0 spiro atoms. The van der Waals surface area contributed by atoms with Gasteiger partial charge in [-0.25, -0.2) is 0 Å². The van der Waals surface area contributed by atoms with Gasteiger partial charge in [0, 0.05) is 25.9 Å². The molecular formula is C6H8BNO2. The summed E-state index contributed by atoms with van der Waals surface area (Å²) in [7, 11) is 4.99. The quantitative estimate of drug-likeness (QED) is 0.438. The van der Waals surface area contributed by atoms with Gasteiger partial charge in [0.2, 0.25) is 7.85 Å². The third kappa shape index (κ3) is 1.59. The van der Waals surface area contributed by atoms with Crippen LogP contribution in [0.15, 0.2) is 0 Å². The monoisotopic (exact) mass is 137 g/mol. The van der Waals surface area contributed by atoms with Gasteiger partial charge in [-0.1, -0.05) is 0 Å². The number of carbonyl (C=O) groups excluding carboxylic acids is 2. The SMILES string of the molecule is [B]C(=O)N1CCC(=O)CC1. The minimum atomic E-state index is -0.424. The number of piperidine rings is 1. The molecule has 10 heavy (non-hydrogen) atoms. The van der Waals surface area contributed by atoms with Crippen LogP contribution in [0.25, 0.3) is 0 Å². The molecule has 2 radical (unpaired) electrons. The Hall–Kier alpha value is -0.795. The number of nitrogens with zero attached hydrogens (tertiary/aromatic N) is 1. The first kappa shape index (κ1) is 7.31. The number of amides is 1. The molecule has 1 aliphatic rings. The molecule has 4 heteroatoms. The maximum atomic E-state index is 10.7. The maximum absolute atomic E-state index is 10.7. The molecule has 0 aliphatic carbocycles. The maximum Gasteiger partial charge on any atom is 0.200 e. The zero-order valence-electron chi connectivity index (χ0n) is 5.67. The minimum absolute atomic E-state index is 0.220. The summed E-state index contributed by atoms with van der Waals surface area (Å²) in [6, 6.07) is 0. The Morgan fingerprint density at radius 2 is 1.90 bits per heavy atom. The average Bonchev–Trinajstić information content (AvgIpc) is 1.88. The van der Waals surface area contributed by atoms with Gasteiger partial charge in [-0.05, 0) is 0 Å². The summed E-state index contributed by atoms with van der Waals surface area (Å²) in [6.07, 6.45) is 0.922. The Balaban J connectivity index is 2.40. The van der Waals surface area contributed by atoms with E-state index in [2.05, 4.69) is 0 Å². The number of Topliss-reactive ketones (excluding diaryl/α,β-unsaturated/α-hetero) is 1. The van der Waals surface area contributed by atoms with E-state index in [4.69, 9.17) is 7.85 Å². The first-order valence-corrected chi connectivity index (χ1v) is 3.26. The predicted molar refractivity (Wildman–Crippen MR) is 37.0 cm³/mol. The molecular weight excluding hydrogens is 129 g/mol. The molecule has 0 N–H and O–H groups in total. The van der Waals surface area contributed by atoms with Crippen molar-refractivity contribution >= 4 is 19.4 Å². The van der Waals surface area contributed by atoms with Crippen LogP contribution in [0, 0.1) is 0 Å². The lowest BCUT2D eigenvalue weighted by Gasteiger charge is -2.24. The molecule has 1 saturated heterocycles. The van der Waals surface area contributed by atoms with Gasteiger partial charge in [-0.15, -0.1) is 0 Å². The Morgan fingerprint density at radius 1 is 1.40 bits per heavy atom. The van der Waals surface area contributed by atoms with Crippen LogP contribution in [0.2, 0.25) is 0 Å². The fraction of sp³-hybridized carbons (Fsp3) is 0.667. The summed E-state index contributed by atoms with van der Waals surface area (Å²) in [5.41, 5.74) is 0. The van der Waals surface area contributed by atoms with Gasteiger partial charge in [0.25, 0.3) is 0 Å². The van der Waals surface area contributed by atoms with Gasteiger partial charge in [0.1, 0.15) is 5.78 Å². The van der Waals surface area contributed by atoms with Crippen molar-refractivity contribution in [2.75, 3.05) is 13.1 Å². The second-order valence-electron chi connectivity index (χ2n) is 2.36. The number of ketones is 1. The second-order valence-corrected chi connectivity index (χ2v) is 2.36. The van der Waals surface area contributed by atoms with Gasteiger partial charge in [0.05, 0.1) is 0 Å². The van der Waals surface area contributed by atoms with Crippen LogP contribution in [-0.2, 0) is 4.79 Å². The summed E-state index contributed by atoms with van der Waals surface area (Å²) >= 11 is 0. The molecule has 1 amide bonds. The molecule has 0 unspecified atom stereocenters. The molecule has 0 aromatic heterocycles. The molecule has 3 nitrogen and oxygen atoms in total. The van der Waals surface area contributed by atoms with E-state index in [-0.39, 0.29) is 5.78 Å². The molecule has 52 valence electrons. The summed E-state index contributed by atoms with van der Waals surface area (Å²) in [4.78, 5) is 22.6. The van der Waals surface area contributed by atoms with E-state index in [1.807, 2.05) is 0 Å². The Labute approximate surface area is 60.8 Å². The minimum Gasteiger partial charge on any atom is -0.352 e. The highest BCUT2D eigenvalue weighted by Crippen LogP contribution is 2.04. The number of rotatable bonds is 0. The third-order valence-corrected chi connectivity index (χ3v) is 1.63. The van der Waals surface area contributed by atoms with Crippen LogP contribution in [-0.4, -0.2) is 37.4 Å². The zero-order chi connectivity index (χ0) is 7.56. The number of likely N-dealkylation sites (tertiary alicyclic amines) is 1. The topological polar surface area (TPSA) is 37.4 Å². The normalized spacial score (nSPS) is 19.2. The lowest BCUT2D eigenvalue weighted by molar-refractivity contribution is -0.120. The summed E-state index contributed by atoms with van der Waals surface area (Å²) in [6.45, 7) is 0.988. The first-order chi connectivity index (χ1) is 4.70. The first-order valence-electron chi connectivity index (χ1n) is 3.26. The van der Waals surface area contributed by atoms with Gasteiger partial charge >= 0.3 is 0 Å². The molecule has 1 fully saturated rings. The van der Waals surface area contributed by atoms with E-state index in [1.165, 1.54) is 4.90 Å². The van der Waals surface area contributed by atoms with Gasteiger partial charge in [-0.3, -0.25) is 9.59 Å². The van der Waals surface area contributed by atoms with Crippen LogP contribution in [0.4, 0.5) is 4.79 Å². The van der Waals surface area contributed by atoms with Crippen LogP contribution in [0.5, 0.6) is 0 Å². The lowest BCUT2D eigenvalue weighted by Crippen LogP contribution is -2.37. The number of hydrogen-bond acceptors (Lipinski definition) is 2. The van der Waals surface area contributed by atoms with Crippen molar-refractivity contribution in [2.45, 2.75) is 12.8 Å². The van der Waals surface area contributed by atoms with Crippen LogP contribution in [0.3, 0.4) is 0 Å². The van der Waals surface area contributed by atoms with E-state index in [0.717, 1.165) is 0 Å². The highest BCUT2D eigenvalue weighted by molar-refractivity contribution is 6.56. The van der Waals surface area contributed by atoms with E-state index >= 15 is 0 Å². The Morgan fingerprint density at radius 3 is 2.30 bits per heavy atom. The summed E-state index contributed by atoms with van der Waals surface area (Å²) in [5, 5.41) is 0. The Bertz CT molecular complexity index is 159. The van der Waals surface area contributed by atoms with E-state index in [9.17, 15) is 9.59 Å². The fourth-order valence-corrected chi connectivity index (χ4v) is 0.977. The van der Waals surface area contributed by atoms with Gasteiger partial charge < -0.3 is 4.90 Å².